The first-order valence-electron chi connectivity index (χ1n) is 12.3. The van der Waals surface area contributed by atoms with Crippen LogP contribution in [-0.4, -0.2) is 40.1 Å². The fourth-order valence-corrected chi connectivity index (χ4v) is 5.71. The summed E-state index contributed by atoms with van der Waals surface area (Å²) in [5.74, 6) is -1.74. The van der Waals surface area contributed by atoms with E-state index < -0.39 is 17.9 Å². The van der Waals surface area contributed by atoms with E-state index in [1.54, 1.807) is 15.9 Å². The zero-order chi connectivity index (χ0) is 24.5. The van der Waals surface area contributed by atoms with E-state index in [1.807, 2.05) is 30.3 Å². The van der Waals surface area contributed by atoms with Crippen molar-refractivity contribution in [3.63, 3.8) is 0 Å². The molecule has 7 nitrogen and oxygen atoms in total. The number of ether oxygens (including phenoxy) is 1. The van der Waals surface area contributed by atoms with E-state index in [4.69, 9.17) is 9.84 Å². The molecule has 0 saturated heterocycles. The summed E-state index contributed by atoms with van der Waals surface area (Å²) in [4.78, 5) is 41.2. The Hall–Kier alpha value is -3.42. The van der Waals surface area contributed by atoms with Crippen LogP contribution >= 0.6 is 0 Å². The average molecular weight is 481 g/mol. The smallest absolute Gasteiger partial charge is 0.414 e. The molecule has 1 heterocycles. The van der Waals surface area contributed by atoms with Crippen molar-refractivity contribution in [3.05, 3.63) is 65.5 Å². The van der Waals surface area contributed by atoms with E-state index >= 15 is 0 Å². The van der Waals surface area contributed by atoms with Crippen molar-refractivity contribution in [1.82, 2.24) is 4.90 Å². The summed E-state index contributed by atoms with van der Waals surface area (Å²) in [5, 5.41) is 9.10. The fraction of sp³-hybridized carbons (Fsp3) is 0.444. The van der Waals surface area contributed by atoms with Gasteiger partial charge in [0, 0.05) is 30.0 Å². The first-order valence-corrected chi connectivity index (χ1v) is 12.3. The molecule has 8 heteroatoms. The van der Waals surface area contributed by atoms with Gasteiger partial charge in [-0.1, -0.05) is 36.8 Å². The standard InChI is InChI=1S/C27H29FN2O5/c28-18-9-12-23-21(15-18)26(29(19-10-11-19)24(31)13-14-25(32)33)20-7-4-8-22(20)30(23)27(34)35-16-17-5-2-1-3-6-17/h1-3,5-6,9,12,15,19-20,22,26H,4,7-8,10-11,13-14,16H2,(H,32,33). The number of carboxylic acids is 1. The van der Waals surface area contributed by atoms with Gasteiger partial charge in [-0.15, -0.1) is 0 Å². The number of fused-ring (bicyclic) bond motifs is 2. The first kappa shape index (κ1) is 23.3. The van der Waals surface area contributed by atoms with Gasteiger partial charge in [0.2, 0.25) is 5.91 Å². The third kappa shape index (κ3) is 4.74. The average Bonchev–Trinajstić information content (AvgIpc) is 3.57. The van der Waals surface area contributed by atoms with Crippen molar-refractivity contribution in [2.24, 2.45) is 5.92 Å². The lowest BCUT2D eigenvalue weighted by Gasteiger charge is -2.47. The third-order valence-electron chi connectivity index (χ3n) is 7.32. The predicted octanol–water partition coefficient (Wildman–Crippen LogP) is 5.05. The molecule has 3 unspecified atom stereocenters. The van der Waals surface area contributed by atoms with Gasteiger partial charge in [0.1, 0.15) is 12.4 Å². The van der Waals surface area contributed by atoms with Gasteiger partial charge in [-0.3, -0.25) is 14.5 Å². The predicted molar refractivity (Wildman–Crippen MR) is 126 cm³/mol. The number of hydrogen-bond acceptors (Lipinski definition) is 4. The van der Waals surface area contributed by atoms with Crippen LogP contribution in [0.4, 0.5) is 14.9 Å². The fourth-order valence-electron chi connectivity index (χ4n) is 5.71. The zero-order valence-electron chi connectivity index (χ0n) is 19.4. The maximum absolute atomic E-state index is 14.5. The van der Waals surface area contributed by atoms with Crippen LogP contribution in [0.1, 0.15) is 62.1 Å². The van der Waals surface area contributed by atoms with Crippen molar-refractivity contribution < 1.29 is 28.6 Å². The SMILES string of the molecule is O=C(O)CCC(=O)N(C1CC1)C1c2cc(F)ccc2N(C(=O)OCc2ccccc2)C2CCCC21. The van der Waals surface area contributed by atoms with Crippen LogP contribution < -0.4 is 4.90 Å². The molecule has 184 valence electrons. The number of aliphatic carboxylic acids is 1. The van der Waals surface area contributed by atoms with E-state index in [0.717, 1.165) is 37.7 Å². The van der Waals surface area contributed by atoms with Gasteiger partial charge in [-0.25, -0.2) is 9.18 Å². The highest BCUT2D eigenvalue weighted by molar-refractivity contribution is 5.91. The lowest BCUT2D eigenvalue weighted by molar-refractivity contribution is -0.142. The Balaban J connectivity index is 1.49. The quantitative estimate of drug-likeness (QED) is 0.599. The van der Waals surface area contributed by atoms with Gasteiger partial charge < -0.3 is 14.7 Å². The highest BCUT2D eigenvalue weighted by Gasteiger charge is 2.51. The Bertz CT molecular complexity index is 1120. The van der Waals surface area contributed by atoms with Gasteiger partial charge in [0.15, 0.2) is 0 Å². The van der Waals surface area contributed by atoms with Crippen molar-refractivity contribution >= 4 is 23.7 Å². The third-order valence-corrected chi connectivity index (χ3v) is 7.32. The highest BCUT2D eigenvalue weighted by Crippen LogP contribution is 2.53. The second kappa shape index (κ2) is 9.68. The number of anilines is 1. The molecule has 1 aliphatic heterocycles. The summed E-state index contributed by atoms with van der Waals surface area (Å²) in [6.45, 7) is 0.134. The van der Waals surface area contributed by atoms with Crippen LogP contribution in [-0.2, 0) is 20.9 Å². The van der Waals surface area contributed by atoms with Crippen molar-refractivity contribution in [2.75, 3.05) is 4.90 Å². The molecule has 2 amide bonds. The summed E-state index contributed by atoms with van der Waals surface area (Å²) < 4.78 is 20.2. The van der Waals surface area contributed by atoms with Crippen molar-refractivity contribution in [3.8, 4) is 0 Å². The molecule has 35 heavy (non-hydrogen) atoms. The molecule has 3 aliphatic rings. The molecule has 1 N–H and O–H groups in total. The second-order valence-corrected chi connectivity index (χ2v) is 9.65. The van der Waals surface area contributed by atoms with E-state index in [2.05, 4.69) is 0 Å². The number of halogens is 1. The lowest BCUT2D eigenvalue weighted by Crippen LogP contribution is -2.53. The molecule has 0 radical (unpaired) electrons. The number of carbonyl (C=O) groups is 3. The normalized spacial score (nSPS) is 22.8. The molecule has 2 aromatic rings. The second-order valence-electron chi connectivity index (χ2n) is 9.65. The summed E-state index contributed by atoms with van der Waals surface area (Å²) in [6, 6.07) is 13.2. The van der Waals surface area contributed by atoms with Crippen LogP contribution in [0.25, 0.3) is 0 Å². The number of amides is 2. The summed E-state index contributed by atoms with van der Waals surface area (Å²) >= 11 is 0. The van der Waals surface area contributed by atoms with E-state index in [9.17, 15) is 18.8 Å². The summed E-state index contributed by atoms with van der Waals surface area (Å²) in [7, 11) is 0. The number of carboxylic acid groups (broad SMARTS) is 1. The topological polar surface area (TPSA) is 87.2 Å². The minimum atomic E-state index is -1.02. The van der Waals surface area contributed by atoms with Crippen LogP contribution in [0.5, 0.6) is 0 Å². The van der Waals surface area contributed by atoms with Crippen LogP contribution in [0.2, 0.25) is 0 Å². The Kier molecular flexibility index (Phi) is 6.45. The Labute approximate surface area is 203 Å². The lowest BCUT2D eigenvalue weighted by atomic mass is 9.81. The molecular formula is C27H29FN2O5. The number of benzene rings is 2. The molecule has 0 bridgehead atoms. The minimum absolute atomic E-state index is 0.0234. The molecular weight excluding hydrogens is 451 g/mol. The molecule has 0 spiro atoms. The first-order chi connectivity index (χ1) is 16.9. The maximum atomic E-state index is 14.5. The van der Waals surface area contributed by atoms with E-state index in [1.165, 1.54) is 12.1 Å². The summed E-state index contributed by atoms with van der Waals surface area (Å²) in [5.41, 5.74) is 2.04. The molecule has 5 rings (SSSR count). The van der Waals surface area contributed by atoms with Gasteiger partial charge >= 0.3 is 12.1 Å². The Morgan fingerprint density at radius 1 is 1.03 bits per heavy atom. The molecule has 3 atom stereocenters. The number of hydrogen-bond donors (Lipinski definition) is 1. The number of rotatable bonds is 7. The molecule has 2 aromatic carbocycles. The Morgan fingerprint density at radius 3 is 2.51 bits per heavy atom. The maximum Gasteiger partial charge on any atom is 0.414 e. The van der Waals surface area contributed by atoms with Gasteiger partial charge in [0.05, 0.1) is 18.2 Å². The van der Waals surface area contributed by atoms with Crippen LogP contribution in [0, 0.1) is 11.7 Å². The molecule has 2 fully saturated rings. The zero-order valence-corrected chi connectivity index (χ0v) is 19.4. The minimum Gasteiger partial charge on any atom is -0.481 e. The number of carbonyl (C=O) groups excluding carboxylic acids is 2. The Morgan fingerprint density at radius 2 is 1.80 bits per heavy atom. The largest absolute Gasteiger partial charge is 0.481 e. The van der Waals surface area contributed by atoms with E-state index in [-0.39, 0.29) is 49.4 Å². The molecule has 0 aromatic heterocycles. The molecule has 2 aliphatic carbocycles. The van der Waals surface area contributed by atoms with Crippen LogP contribution in [0.3, 0.4) is 0 Å². The van der Waals surface area contributed by atoms with E-state index in [0.29, 0.717) is 11.3 Å². The van der Waals surface area contributed by atoms with Gasteiger partial charge in [-0.2, -0.15) is 0 Å². The monoisotopic (exact) mass is 480 g/mol. The summed E-state index contributed by atoms with van der Waals surface area (Å²) in [6.07, 6.45) is 3.33. The highest BCUT2D eigenvalue weighted by atomic mass is 19.1. The van der Waals surface area contributed by atoms with Crippen LogP contribution in [0.15, 0.2) is 48.5 Å². The number of nitrogens with zero attached hydrogens (tertiary/aromatic N) is 2. The van der Waals surface area contributed by atoms with Gasteiger partial charge in [0.25, 0.3) is 0 Å². The van der Waals surface area contributed by atoms with Gasteiger partial charge in [-0.05, 0) is 49.4 Å². The van der Waals surface area contributed by atoms with Crippen molar-refractivity contribution in [2.45, 2.75) is 69.7 Å². The van der Waals surface area contributed by atoms with Crippen molar-refractivity contribution in [1.29, 1.82) is 0 Å². The molecule has 2 saturated carbocycles.